The van der Waals surface area contributed by atoms with E-state index in [0.29, 0.717) is 35.2 Å². The first-order valence-corrected chi connectivity index (χ1v) is 53.0. The lowest BCUT2D eigenvalue weighted by Gasteiger charge is -2.13. The molecule has 0 aliphatic carbocycles. The Labute approximate surface area is 717 Å². The monoisotopic (exact) mass is 1710 g/mol. The van der Waals surface area contributed by atoms with Crippen LogP contribution in [0.25, 0.3) is 132 Å². The second kappa shape index (κ2) is 38.6. The Bertz CT molecular complexity index is 5290. The number of Topliss-reactive ketones (excluding diaryl/α,β-unsaturated/α-hetero) is 2. The maximum absolute atomic E-state index is 15.4. The maximum Gasteiger partial charge on any atom is 0.175 e. The van der Waals surface area contributed by atoms with E-state index in [1.165, 1.54) is 264 Å². The molecule has 594 valence electrons. The number of fused-ring (bicyclic) bond motifs is 6. The quantitative estimate of drug-likeness (QED) is 0.0357. The molecule has 0 saturated heterocycles. The summed E-state index contributed by atoms with van der Waals surface area (Å²) >= 11 is 23.6. The highest BCUT2D eigenvalue weighted by Crippen LogP contribution is 2.61. The Morgan fingerprint density at radius 1 is 0.277 bits per heavy atom. The van der Waals surface area contributed by atoms with Crippen molar-refractivity contribution in [3.05, 3.63) is 124 Å². The van der Waals surface area contributed by atoms with E-state index in [-0.39, 0.29) is 11.8 Å². The lowest BCUT2D eigenvalue weighted by atomic mass is 9.94. The van der Waals surface area contributed by atoms with Crippen molar-refractivity contribution in [1.29, 1.82) is 0 Å². The first-order chi connectivity index (χ1) is 54.6. The van der Waals surface area contributed by atoms with Crippen molar-refractivity contribution in [2.45, 2.75) is 277 Å². The molecule has 14 aromatic rings. The molecular formula is C98H118O2S12. The lowest BCUT2D eigenvalue weighted by molar-refractivity contribution is 0.0905. The molecule has 6 atom stereocenters. The normalized spacial score (nSPS) is 13.9. The third kappa shape index (κ3) is 17.7. The van der Waals surface area contributed by atoms with E-state index in [9.17, 15) is 4.79 Å². The highest BCUT2D eigenvalue weighted by molar-refractivity contribution is 7.36. The van der Waals surface area contributed by atoms with Gasteiger partial charge in [-0.25, -0.2) is 0 Å². The van der Waals surface area contributed by atoms with Crippen LogP contribution in [0.4, 0.5) is 0 Å². The van der Waals surface area contributed by atoms with E-state index < -0.39 is 0 Å². The third-order valence-electron chi connectivity index (χ3n) is 24.5. The average molecular weight is 1710 g/mol. The van der Waals surface area contributed by atoms with Crippen LogP contribution < -0.4 is 0 Å². The standard InChI is InChI=1S/C98H118O2S12/c1-15-27-33-59(21-7)48-65-39-43-75(103-65)84-70-47-57(13)101-91(70)85(76-44-40-66(104-76)49-60(22-8)34-28-16-2)71-53-81(109-92(71)84)90-74-56-80(89(100)64(26-12)38-32-20-6)108-96(74)98(112-90)83-55-73-87(78-46-42-68(106-78)51-62(24-10)36-30-18-4)93-72(86(94(73)111-83)77-45-41-67(105-77)50-61(23-9)35-29-17-3)54-82(110-93)97-95-69(58(14)102-97)52-79(107-95)88(99)63(25-11)37-31-19-5/h39-47,52-56,59-64H,15-38,48-51H2,1-14H3. The van der Waals surface area contributed by atoms with Crippen LogP contribution >= 0.6 is 136 Å². The van der Waals surface area contributed by atoms with Crippen molar-refractivity contribution in [3.8, 4) is 71.0 Å². The van der Waals surface area contributed by atoms with Crippen molar-refractivity contribution in [2.75, 3.05) is 0 Å². The fourth-order valence-electron chi connectivity index (χ4n) is 17.5. The van der Waals surface area contributed by atoms with Gasteiger partial charge in [-0.3, -0.25) is 9.59 Å². The molecule has 12 heterocycles. The average Bonchev–Trinajstić information content (AvgIpc) is 1.55. The number of ketones is 2. The molecule has 2 aromatic carbocycles. The molecule has 14 rings (SSSR count). The summed E-state index contributed by atoms with van der Waals surface area (Å²) in [6.07, 6.45) is 32.4. The Balaban J connectivity index is 1.02. The molecule has 2 nitrogen and oxygen atoms in total. The van der Waals surface area contributed by atoms with E-state index in [1.54, 1.807) is 22.7 Å². The first kappa shape index (κ1) is 84.2. The van der Waals surface area contributed by atoms with E-state index in [1.807, 2.05) is 113 Å². The van der Waals surface area contributed by atoms with Crippen LogP contribution in [-0.2, 0) is 25.7 Å². The van der Waals surface area contributed by atoms with Gasteiger partial charge in [0, 0.05) is 149 Å². The van der Waals surface area contributed by atoms with Crippen LogP contribution in [0.3, 0.4) is 0 Å². The number of thiophene rings is 12. The minimum atomic E-state index is -0.00587. The van der Waals surface area contributed by atoms with E-state index >= 15 is 4.79 Å². The number of rotatable bonds is 43. The summed E-state index contributed by atoms with van der Waals surface area (Å²) in [4.78, 5) is 53.7. The molecule has 0 aliphatic heterocycles. The second-order valence-corrected chi connectivity index (χ2v) is 45.8. The minimum Gasteiger partial charge on any atom is -0.293 e. The Kier molecular flexibility index (Phi) is 29.1. The Morgan fingerprint density at radius 2 is 0.589 bits per heavy atom. The van der Waals surface area contributed by atoms with Crippen LogP contribution in [0, 0.1) is 49.4 Å². The first-order valence-electron chi connectivity index (χ1n) is 43.2. The van der Waals surface area contributed by atoms with Crippen molar-refractivity contribution in [1.82, 2.24) is 0 Å². The summed E-state index contributed by atoms with van der Waals surface area (Å²) in [5, 5.41) is 7.92. The molecule has 0 spiro atoms. The van der Waals surface area contributed by atoms with Crippen molar-refractivity contribution in [2.24, 2.45) is 35.5 Å². The molecule has 0 bridgehead atoms. The molecule has 112 heavy (non-hydrogen) atoms. The fraction of sp³-hybridized carbons (Fsp3) is 0.490. The minimum absolute atomic E-state index is 0.00587. The smallest absolute Gasteiger partial charge is 0.175 e. The molecule has 0 saturated carbocycles. The van der Waals surface area contributed by atoms with Crippen LogP contribution in [0.15, 0.2) is 84.9 Å². The number of aryl methyl sites for hydroxylation is 2. The van der Waals surface area contributed by atoms with Crippen LogP contribution in [0.1, 0.15) is 286 Å². The van der Waals surface area contributed by atoms with Gasteiger partial charge in [0.05, 0.1) is 33.8 Å². The van der Waals surface area contributed by atoms with Crippen LogP contribution in [-0.4, -0.2) is 11.6 Å². The molecule has 0 radical (unpaired) electrons. The van der Waals surface area contributed by atoms with Crippen molar-refractivity contribution >= 4 is 208 Å². The van der Waals surface area contributed by atoms with Gasteiger partial charge in [-0.05, 0) is 174 Å². The second-order valence-electron chi connectivity index (χ2n) is 32.4. The summed E-state index contributed by atoms with van der Waals surface area (Å²) in [7, 11) is 0. The molecular weight excluding hydrogens is 1590 g/mol. The Morgan fingerprint density at radius 3 is 0.938 bits per heavy atom. The summed E-state index contributed by atoms with van der Waals surface area (Å²) in [5.74, 6) is 3.40. The van der Waals surface area contributed by atoms with E-state index in [4.69, 9.17) is 0 Å². The Hall–Kier alpha value is -4.26. The summed E-state index contributed by atoms with van der Waals surface area (Å²) in [6.45, 7) is 32.5. The summed E-state index contributed by atoms with van der Waals surface area (Å²) in [5.41, 5.74) is 5.54. The zero-order valence-electron chi connectivity index (χ0n) is 69.1. The predicted molar refractivity (Wildman–Crippen MR) is 517 cm³/mol. The van der Waals surface area contributed by atoms with E-state index in [2.05, 4.69) is 182 Å². The number of hydrogen-bond acceptors (Lipinski definition) is 14. The predicted octanol–water partition coefficient (Wildman–Crippen LogP) is 37.5. The van der Waals surface area contributed by atoms with Gasteiger partial charge in [-0.1, -0.05) is 212 Å². The van der Waals surface area contributed by atoms with Gasteiger partial charge < -0.3 is 0 Å². The zero-order chi connectivity index (χ0) is 78.4. The van der Waals surface area contributed by atoms with E-state index in [0.717, 1.165) is 86.8 Å². The number of carbonyl (C=O) groups is 2. The number of hydrogen-bond donors (Lipinski definition) is 0. The molecule has 0 fully saturated rings. The summed E-state index contributed by atoms with van der Waals surface area (Å²) < 4.78 is 8.04. The molecule has 14 heteroatoms. The number of carbonyl (C=O) groups excluding carboxylic acids is 2. The van der Waals surface area contributed by atoms with Gasteiger partial charge in [-0.15, -0.1) is 136 Å². The van der Waals surface area contributed by atoms with Crippen molar-refractivity contribution in [3.63, 3.8) is 0 Å². The van der Waals surface area contributed by atoms with Gasteiger partial charge in [0.2, 0.25) is 0 Å². The van der Waals surface area contributed by atoms with Gasteiger partial charge in [0.1, 0.15) is 0 Å². The van der Waals surface area contributed by atoms with Gasteiger partial charge in [-0.2, -0.15) is 0 Å². The van der Waals surface area contributed by atoms with Crippen LogP contribution in [0.2, 0.25) is 0 Å². The van der Waals surface area contributed by atoms with Gasteiger partial charge in [0.15, 0.2) is 11.6 Å². The fourth-order valence-corrected chi connectivity index (χ4v) is 32.9. The lowest BCUT2D eigenvalue weighted by Crippen LogP contribution is -2.12. The molecule has 0 N–H and O–H groups in total. The van der Waals surface area contributed by atoms with Gasteiger partial charge >= 0.3 is 0 Å². The third-order valence-corrected chi connectivity index (χ3v) is 38.9. The number of unbranched alkanes of at least 4 members (excludes halogenated alkanes) is 6. The molecule has 12 aromatic heterocycles. The highest BCUT2D eigenvalue weighted by Gasteiger charge is 2.33. The maximum atomic E-state index is 15.4. The largest absolute Gasteiger partial charge is 0.293 e. The van der Waals surface area contributed by atoms with Crippen molar-refractivity contribution < 1.29 is 9.59 Å². The molecule has 6 unspecified atom stereocenters. The highest BCUT2D eigenvalue weighted by atomic mass is 32.1. The topological polar surface area (TPSA) is 34.1 Å². The zero-order valence-corrected chi connectivity index (χ0v) is 78.9. The SMILES string of the molecule is CCCCC(CC)Cc1ccc(-c2c3cc(-c4sc(-c5cc6c(-c7ccc(CC(CC)CCCC)s7)c7sc(-c8sc(C)c9cc(C(=O)C(CC)CCCC)sc89)cc7c(-c7ccc(CC(CC)CCCC)s7)c6s5)c5sc(C(=O)C(CC)CCCC)cc45)sc3c(-c3ccc(CC(CC)CCCC)s3)c3cc(C)sc23)s1. The molecule has 0 amide bonds. The number of benzene rings is 2. The van der Waals surface area contributed by atoms with Crippen LogP contribution in [0.5, 0.6) is 0 Å². The van der Waals surface area contributed by atoms with Gasteiger partial charge in [0.25, 0.3) is 0 Å². The summed E-state index contributed by atoms with van der Waals surface area (Å²) in [6, 6.07) is 34.8. The molecule has 0 aliphatic rings.